The van der Waals surface area contributed by atoms with Gasteiger partial charge in [-0.15, -0.1) is 0 Å². The number of nitrogen functional groups attached to an aromatic ring is 1. The molecule has 0 aliphatic carbocycles. The predicted molar refractivity (Wildman–Crippen MR) is 76.5 cm³/mol. The minimum absolute atomic E-state index is 0.125. The highest BCUT2D eigenvalue weighted by Gasteiger charge is 2.20. The minimum Gasteiger partial charge on any atom is -0.396 e. The summed E-state index contributed by atoms with van der Waals surface area (Å²) in [4.78, 5) is 11.9. The molecule has 20 heavy (non-hydrogen) atoms. The Morgan fingerprint density at radius 2 is 2.00 bits per heavy atom. The SMILES string of the molecule is CCCCCCC(C)NC(=O)c1c(F)ccc(N)c1F. The average Bonchev–Trinajstić information content (AvgIpc) is 2.39. The lowest BCUT2D eigenvalue weighted by molar-refractivity contribution is 0.0929. The van der Waals surface area contributed by atoms with Crippen LogP contribution < -0.4 is 11.1 Å². The molecule has 112 valence electrons. The van der Waals surface area contributed by atoms with E-state index in [0.717, 1.165) is 44.2 Å². The third-order valence-electron chi connectivity index (χ3n) is 3.22. The first-order chi connectivity index (χ1) is 9.47. The van der Waals surface area contributed by atoms with E-state index < -0.39 is 23.1 Å². The minimum atomic E-state index is -0.999. The number of carbonyl (C=O) groups is 1. The van der Waals surface area contributed by atoms with Gasteiger partial charge in [0.1, 0.15) is 11.4 Å². The second-order valence-electron chi connectivity index (χ2n) is 5.05. The van der Waals surface area contributed by atoms with E-state index in [-0.39, 0.29) is 11.7 Å². The molecule has 1 rings (SSSR count). The molecule has 0 saturated carbocycles. The fourth-order valence-corrected chi connectivity index (χ4v) is 2.02. The fourth-order valence-electron chi connectivity index (χ4n) is 2.02. The number of benzene rings is 1. The highest BCUT2D eigenvalue weighted by Crippen LogP contribution is 2.18. The lowest BCUT2D eigenvalue weighted by Crippen LogP contribution is -2.33. The maximum atomic E-state index is 13.7. The van der Waals surface area contributed by atoms with Gasteiger partial charge in [-0.3, -0.25) is 4.79 Å². The molecule has 0 aromatic heterocycles. The molecule has 0 fully saturated rings. The Kier molecular flexibility index (Phi) is 6.42. The summed E-state index contributed by atoms with van der Waals surface area (Å²) in [5, 5.41) is 2.61. The van der Waals surface area contributed by atoms with E-state index in [1.54, 1.807) is 0 Å². The second-order valence-corrected chi connectivity index (χ2v) is 5.05. The van der Waals surface area contributed by atoms with Crippen molar-refractivity contribution in [3.8, 4) is 0 Å². The van der Waals surface area contributed by atoms with E-state index in [1.165, 1.54) is 0 Å². The summed E-state index contributed by atoms with van der Waals surface area (Å²) >= 11 is 0. The van der Waals surface area contributed by atoms with Gasteiger partial charge in [-0.25, -0.2) is 8.78 Å². The fraction of sp³-hybridized carbons (Fsp3) is 0.533. The van der Waals surface area contributed by atoms with Gasteiger partial charge in [-0.1, -0.05) is 32.6 Å². The van der Waals surface area contributed by atoms with Crippen LogP contribution in [-0.2, 0) is 0 Å². The predicted octanol–water partition coefficient (Wildman–Crippen LogP) is 3.64. The number of halogens is 2. The number of hydrogen-bond donors (Lipinski definition) is 2. The van der Waals surface area contributed by atoms with Crippen LogP contribution in [0.1, 0.15) is 56.3 Å². The zero-order chi connectivity index (χ0) is 15.1. The average molecular weight is 284 g/mol. The molecule has 3 nitrogen and oxygen atoms in total. The van der Waals surface area contributed by atoms with E-state index in [9.17, 15) is 13.6 Å². The van der Waals surface area contributed by atoms with Gasteiger partial charge in [-0.05, 0) is 25.5 Å². The lowest BCUT2D eigenvalue weighted by Gasteiger charge is -2.15. The molecule has 0 radical (unpaired) electrons. The van der Waals surface area contributed by atoms with Gasteiger partial charge < -0.3 is 11.1 Å². The van der Waals surface area contributed by atoms with Crippen molar-refractivity contribution in [2.24, 2.45) is 0 Å². The van der Waals surface area contributed by atoms with Gasteiger partial charge in [0.05, 0.1) is 5.69 Å². The van der Waals surface area contributed by atoms with Crippen molar-refractivity contribution < 1.29 is 13.6 Å². The first-order valence-electron chi connectivity index (χ1n) is 7.01. The van der Waals surface area contributed by atoms with Crippen molar-refractivity contribution in [2.75, 3.05) is 5.73 Å². The van der Waals surface area contributed by atoms with Crippen LogP contribution in [0.2, 0.25) is 0 Å². The Morgan fingerprint density at radius 3 is 2.65 bits per heavy atom. The van der Waals surface area contributed by atoms with Crippen LogP contribution in [-0.4, -0.2) is 11.9 Å². The number of carbonyl (C=O) groups excluding carboxylic acids is 1. The molecule has 1 aromatic rings. The molecule has 0 spiro atoms. The van der Waals surface area contributed by atoms with Gasteiger partial charge in [0.2, 0.25) is 0 Å². The summed E-state index contributed by atoms with van der Waals surface area (Å²) in [6, 6.07) is 1.98. The quantitative estimate of drug-likeness (QED) is 0.593. The number of rotatable bonds is 7. The van der Waals surface area contributed by atoms with Crippen molar-refractivity contribution in [3.05, 3.63) is 29.3 Å². The summed E-state index contributed by atoms with van der Waals surface area (Å²) in [6.07, 6.45) is 5.16. The summed E-state index contributed by atoms with van der Waals surface area (Å²) in [5.41, 5.74) is 4.51. The molecule has 1 unspecified atom stereocenters. The molecule has 0 heterocycles. The standard InChI is InChI=1S/C15H22F2N2O/c1-3-4-5-6-7-10(2)19-15(20)13-11(16)8-9-12(18)14(13)17/h8-10H,3-7,18H2,1-2H3,(H,19,20). The molecule has 0 aliphatic rings. The number of hydrogen-bond acceptors (Lipinski definition) is 2. The molecule has 1 amide bonds. The van der Waals surface area contributed by atoms with Crippen molar-refractivity contribution in [1.82, 2.24) is 5.32 Å². The number of nitrogens with one attached hydrogen (secondary N) is 1. The summed E-state index contributed by atoms with van der Waals surface area (Å²) in [5.74, 6) is -2.65. The lowest BCUT2D eigenvalue weighted by atomic mass is 10.1. The largest absolute Gasteiger partial charge is 0.396 e. The Bertz CT molecular complexity index is 463. The summed E-state index contributed by atoms with van der Waals surface area (Å²) in [6.45, 7) is 3.95. The van der Waals surface area contributed by atoms with E-state index in [4.69, 9.17) is 5.73 Å². The molecule has 1 atom stereocenters. The van der Waals surface area contributed by atoms with Crippen molar-refractivity contribution >= 4 is 11.6 Å². The zero-order valence-electron chi connectivity index (χ0n) is 12.0. The van der Waals surface area contributed by atoms with Crippen LogP contribution in [0.25, 0.3) is 0 Å². The molecular formula is C15H22F2N2O. The monoisotopic (exact) mass is 284 g/mol. The first kappa shape index (κ1) is 16.4. The van der Waals surface area contributed by atoms with Gasteiger partial charge in [0.25, 0.3) is 5.91 Å². The zero-order valence-corrected chi connectivity index (χ0v) is 12.0. The normalized spacial score (nSPS) is 12.2. The first-order valence-corrected chi connectivity index (χ1v) is 7.01. The van der Waals surface area contributed by atoms with Gasteiger partial charge >= 0.3 is 0 Å². The second kappa shape index (κ2) is 7.82. The van der Waals surface area contributed by atoms with Crippen LogP contribution in [0.15, 0.2) is 12.1 Å². The highest BCUT2D eigenvalue weighted by atomic mass is 19.1. The third-order valence-corrected chi connectivity index (χ3v) is 3.22. The Labute approximate surface area is 118 Å². The third kappa shape index (κ3) is 4.47. The van der Waals surface area contributed by atoms with Crippen LogP contribution in [0.4, 0.5) is 14.5 Å². The number of anilines is 1. The van der Waals surface area contributed by atoms with E-state index in [1.807, 2.05) is 6.92 Å². The maximum absolute atomic E-state index is 13.7. The summed E-state index contributed by atoms with van der Waals surface area (Å²) < 4.78 is 27.2. The molecule has 3 N–H and O–H groups in total. The number of nitrogens with two attached hydrogens (primary N) is 1. The van der Waals surface area contributed by atoms with E-state index >= 15 is 0 Å². The molecule has 1 aromatic carbocycles. The van der Waals surface area contributed by atoms with Crippen molar-refractivity contribution in [2.45, 2.75) is 52.0 Å². The van der Waals surface area contributed by atoms with Gasteiger partial charge in [0, 0.05) is 6.04 Å². The Morgan fingerprint density at radius 1 is 1.30 bits per heavy atom. The summed E-state index contributed by atoms with van der Waals surface area (Å²) in [7, 11) is 0. The van der Waals surface area contributed by atoms with Crippen molar-refractivity contribution in [1.29, 1.82) is 0 Å². The maximum Gasteiger partial charge on any atom is 0.257 e. The smallest absolute Gasteiger partial charge is 0.257 e. The van der Waals surface area contributed by atoms with E-state index in [0.29, 0.717) is 0 Å². The molecule has 0 aliphatic heterocycles. The number of unbranched alkanes of at least 4 members (excludes halogenated alkanes) is 3. The van der Waals surface area contributed by atoms with E-state index in [2.05, 4.69) is 12.2 Å². The van der Waals surface area contributed by atoms with Gasteiger partial charge in [0.15, 0.2) is 5.82 Å². The van der Waals surface area contributed by atoms with Gasteiger partial charge in [-0.2, -0.15) is 0 Å². The van der Waals surface area contributed by atoms with Crippen molar-refractivity contribution in [3.63, 3.8) is 0 Å². The topological polar surface area (TPSA) is 55.1 Å². The highest BCUT2D eigenvalue weighted by molar-refractivity contribution is 5.95. The molecular weight excluding hydrogens is 262 g/mol. The molecule has 0 saturated heterocycles. The molecule has 0 bridgehead atoms. The molecule has 5 heteroatoms. The van der Waals surface area contributed by atoms with Crippen LogP contribution in [0.5, 0.6) is 0 Å². The van der Waals surface area contributed by atoms with Crippen LogP contribution >= 0.6 is 0 Å². The van der Waals surface area contributed by atoms with Crippen LogP contribution in [0, 0.1) is 11.6 Å². The number of amides is 1. The Hall–Kier alpha value is -1.65. The Balaban J connectivity index is 2.61. The van der Waals surface area contributed by atoms with Crippen LogP contribution in [0.3, 0.4) is 0 Å².